The van der Waals surface area contributed by atoms with E-state index in [1.165, 1.54) is 6.07 Å². The number of hydrogen-bond donors (Lipinski definition) is 2. The zero-order valence-electron chi connectivity index (χ0n) is 12.7. The van der Waals surface area contributed by atoms with Gasteiger partial charge in [-0.1, -0.05) is 30.6 Å². The van der Waals surface area contributed by atoms with Gasteiger partial charge >= 0.3 is 5.97 Å². The fourth-order valence-corrected chi connectivity index (χ4v) is 1.88. The average molecular weight is 318 g/mol. The number of hydrogen-bond acceptors (Lipinski definition) is 5. The van der Waals surface area contributed by atoms with E-state index in [4.69, 9.17) is 14.4 Å². The third kappa shape index (κ3) is 4.57. The third-order valence-corrected chi connectivity index (χ3v) is 3.05. The van der Waals surface area contributed by atoms with Crippen molar-refractivity contribution in [2.75, 3.05) is 13.2 Å². The van der Waals surface area contributed by atoms with E-state index in [1.807, 2.05) is 18.2 Å². The summed E-state index contributed by atoms with van der Waals surface area (Å²) in [6, 6.07) is 8.76. The molecule has 7 heteroatoms. The highest BCUT2D eigenvalue weighted by Gasteiger charge is 2.16. The van der Waals surface area contributed by atoms with E-state index in [2.05, 4.69) is 17.4 Å². The van der Waals surface area contributed by atoms with Gasteiger partial charge in [-0.25, -0.2) is 0 Å². The van der Waals surface area contributed by atoms with E-state index in [9.17, 15) is 9.59 Å². The Bertz CT molecular complexity index is 681. The Morgan fingerprint density at radius 3 is 2.87 bits per heavy atom. The number of benzene rings is 1. The molecular formula is C16H18N2O5. The number of unbranched alkanes of at least 4 members (excludes halogenated alkanes) is 1. The van der Waals surface area contributed by atoms with E-state index in [1.54, 1.807) is 6.07 Å². The minimum absolute atomic E-state index is 0.0182. The van der Waals surface area contributed by atoms with Crippen LogP contribution in [0.2, 0.25) is 0 Å². The molecular weight excluding hydrogens is 300 g/mol. The number of aromatic nitrogens is 1. The lowest BCUT2D eigenvalue weighted by molar-refractivity contribution is -0.135. The zero-order valence-corrected chi connectivity index (χ0v) is 12.7. The van der Waals surface area contributed by atoms with Crippen LogP contribution < -0.4 is 10.1 Å². The van der Waals surface area contributed by atoms with Crippen molar-refractivity contribution in [2.45, 2.75) is 19.8 Å². The van der Waals surface area contributed by atoms with Crippen LogP contribution in [0.25, 0.3) is 11.3 Å². The second kappa shape index (κ2) is 7.98. The van der Waals surface area contributed by atoms with Crippen molar-refractivity contribution < 1.29 is 24.0 Å². The largest absolute Gasteiger partial charge is 0.493 e. The number of para-hydroxylation sites is 1. The molecule has 0 aliphatic heterocycles. The summed E-state index contributed by atoms with van der Waals surface area (Å²) in [7, 11) is 0. The van der Waals surface area contributed by atoms with Crippen molar-refractivity contribution in [3.05, 3.63) is 36.0 Å². The Kier molecular flexibility index (Phi) is 5.74. The number of aliphatic carboxylic acids is 1. The lowest BCUT2D eigenvalue weighted by Gasteiger charge is -2.08. The van der Waals surface area contributed by atoms with Crippen molar-refractivity contribution in [1.82, 2.24) is 10.5 Å². The molecule has 1 aromatic carbocycles. The van der Waals surface area contributed by atoms with Gasteiger partial charge in [0.2, 0.25) is 0 Å². The summed E-state index contributed by atoms with van der Waals surface area (Å²) in [6.07, 6.45) is 1.96. The molecule has 1 amide bonds. The van der Waals surface area contributed by atoms with Crippen LogP contribution in [-0.2, 0) is 4.79 Å². The van der Waals surface area contributed by atoms with Crippen molar-refractivity contribution >= 4 is 11.9 Å². The van der Waals surface area contributed by atoms with Crippen LogP contribution in [0.3, 0.4) is 0 Å². The average Bonchev–Trinajstić information content (AvgIpc) is 3.03. The number of nitrogens with one attached hydrogen (secondary N) is 1. The van der Waals surface area contributed by atoms with Crippen LogP contribution in [0.4, 0.5) is 0 Å². The first-order valence-electron chi connectivity index (χ1n) is 7.30. The van der Waals surface area contributed by atoms with Gasteiger partial charge in [-0.2, -0.15) is 0 Å². The van der Waals surface area contributed by atoms with Gasteiger partial charge in [0, 0.05) is 6.07 Å². The molecule has 1 heterocycles. The molecule has 0 unspecified atom stereocenters. The molecule has 0 saturated heterocycles. The lowest BCUT2D eigenvalue weighted by atomic mass is 10.1. The van der Waals surface area contributed by atoms with Gasteiger partial charge in [0.25, 0.3) is 5.91 Å². The summed E-state index contributed by atoms with van der Waals surface area (Å²) in [6.45, 7) is 2.19. The Hall–Kier alpha value is -2.83. The molecule has 0 atom stereocenters. The molecule has 2 aromatic rings. The molecule has 23 heavy (non-hydrogen) atoms. The Balaban J connectivity index is 2.13. The van der Waals surface area contributed by atoms with Crippen molar-refractivity contribution in [1.29, 1.82) is 0 Å². The third-order valence-electron chi connectivity index (χ3n) is 3.05. The highest BCUT2D eigenvalue weighted by Crippen LogP contribution is 2.30. The van der Waals surface area contributed by atoms with Gasteiger partial charge in [0.1, 0.15) is 12.3 Å². The number of carbonyl (C=O) groups is 2. The summed E-state index contributed by atoms with van der Waals surface area (Å²) in [5, 5.41) is 14.5. The maximum absolute atomic E-state index is 11.8. The fourth-order valence-electron chi connectivity index (χ4n) is 1.88. The summed E-state index contributed by atoms with van der Waals surface area (Å²) < 4.78 is 10.9. The Morgan fingerprint density at radius 1 is 1.35 bits per heavy atom. The first kappa shape index (κ1) is 16.5. The maximum atomic E-state index is 11.8. The first-order valence-corrected chi connectivity index (χ1v) is 7.30. The topological polar surface area (TPSA) is 102 Å². The van der Waals surface area contributed by atoms with Gasteiger partial charge in [-0.15, -0.1) is 0 Å². The van der Waals surface area contributed by atoms with Crippen LogP contribution in [0.15, 0.2) is 34.9 Å². The summed E-state index contributed by atoms with van der Waals surface area (Å²) in [5.74, 6) is -0.698. The molecule has 122 valence electrons. The maximum Gasteiger partial charge on any atom is 0.322 e. The molecule has 0 fully saturated rings. The van der Waals surface area contributed by atoms with Crippen molar-refractivity contribution in [3.8, 4) is 17.1 Å². The van der Waals surface area contributed by atoms with Crippen LogP contribution >= 0.6 is 0 Å². The van der Waals surface area contributed by atoms with Gasteiger partial charge in [-0.05, 0) is 18.6 Å². The second-order valence-electron chi connectivity index (χ2n) is 4.85. The minimum Gasteiger partial charge on any atom is -0.493 e. The van der Waals surface area contributed by atoms with Crippen molar-refractivity contribution in [3.63, 3.8) is 0 Å². The van der Waals surface area contributed by atoms with E-state index in [0.29, 0.717) is 23.7 Å². The summed E-state index contributed by atoms with van der Waals surface area (Å²) in [4.78, 5) is 22.2. The quantitative estimate of drug-likeness (QED) is 0.724. The van der Waals surface area contributed by atoms with E-state index in [0.717, 1.165) is 12.8 Å². The first-order chi connectivity index (χ1) is 11.1. The number of carboxylic acids is 1. The normalized spacial score (nSPS) is 10.3. The zero-order chi connectivity index (χ0) is 16.7. The van der Waals surface area contributed by atoms with Crippen molar-refractivity contribution in [2.24, 2.45) is 0 Å². The second-order valence-corrected chi connectivity index (χ2v) is 4.85. The van der Waals surface area contributed by atoms with E-state index < -0.39 is 18.4 Å². The van der Waals surface area contributed by atoms with E-state index in [-0.39, 0.29) is 5.69 Å². The van der Waals surface area contributed by atoms with Gasteiger partial charge in [0.05, 0.1) is 12.2 Å². The lowest BCUT2D eigenvalue weighted by Crippen LogP contribution is -2.29. The Morgan fingerprint density at radius 2 is 2.13 bits per heavy atom. The van der Waals surface area contributed by atoms with Crippen LogP contribution in [0, 0.1) is 0 Å². The number of carboxylic acid groups (broad SMARTS) is 1. The fraction of sp³-hybridized carbons (Fsp3) is 0.312. The minimum atomic E-state index is -1.13. The summed E-state index contributed by atoms with van der Waals surface area (Å²) in [5.41, 5.74) is 0.706. The molecule has 2 N–H and O–H groups in total. The predicted octanol–water partition coefficient (Wildman–Crippen LogP) is 2.33. The molecule has 2 rings (SSSR count). The standard InChI is InChI=1S/C16H18N2O5/c1-2-3-8-22-13-7-5-4-6-11(13)14-9-12(18-23-14)16(21)17-10-15(19)20/h4-7,9H,2-3,8,10H2,1H3,(H,17,21)(H,19,20). The van der Waals surface area contributed by atoms with E-state index >= 15 is 0 Å². The monoisotopic (exact) mass is 318 g/mol. The molecule has 0 spiro atoms. The van der Waals surface area contributed by atoms with Gasteiger partial charge in [-0.3, -0.25) is 9.59 Å². The number of rotatable bonds is 8. The highest BCUT2D eigenvalue weighted by molar-refractivity contribution is 5.94. The molecule has 0 saturated carbocycles. The molecule has 7 nitrogen and oxygen atoms in total. The number of nitrogens with zero attached hydrogens (tertiary/aromatic N) is 1. The van der Waals surface area contributed by atoms with Crippen LogP contribution in [-0.4, -0.2) is 35.3 Å². The number of ether oxygens (including phenoxy) is 1. The predicted molar refractivity (Wildman–Crippen MR) is 82.3 cm³/mol. The molecule has 0 aliphatic rings. The van der Waals surface area contributed by atoms with Gasteiger partial charge < -0.3 is 19.7 Å². The summed E-state index contributed by atoms with van der Waals surface area (Å²) >= 11 is 0. The smallest absolute Gasteiger partial charge is 0.322 e. The molecule has 0 radical (unpaired) electrons. The molecule has 0 bridgehead atoms. The number of amides is 1. The Labute approximate surface area is 133 Å². The molecule has 1 aromatic heterocycles. The van der Waals surface area contributed by atoms with Crippen LogP contribution in [0.1, 0.15) is 30.3 Å². The van der Waals surface area contributed by atoms with Gasteiger partial charge in [0.15, 0.2) is 11.5 Å². The number of carbonyl (C=O) groups excluding carboxylic acids is 1. The van der Waals surface area contributed by atoms with Crippen LogP contribution in [0.5, 0.6) is 5.75 Å². The highest BCUT2D eigenvalue weighted by atomic mass is 16.5. The molecule has 0 aliphatic carbocycles. The SMILES string of the molecule is CCCCOc1ccccc1-c1cc(C(=O)NCC(=O)O)no1.